The summed E-state index contributed by atoms with van der Waals surface area (Å²) in [5.74, 6) is 2.57. The van der Waals surface area contributed by atoms with E-state index in [4.69, 9.17) is 14.0 Å². The van der Waals surface area contributed by atoms with Crippen LogP contribution in [0, 0.1) is 17.8 Å². The molecule has 0 N–H and O–H groups in total. The summed E-state index contributed by atoms with van der Waals surface area (Å²) in [5, 5.41) is 0. The highest BCUT2D eigenvalue weighted by Crippen LogP contribution is 2.15. The minimum absolute atomic E-state index is 0.470. The van der Waals surface area contributed by atoms with Crippen molar-refractivity contribution in [3.8, 4) is 0 Å². The van der Waals surface area contributed by atoms with Gasteiger partial charge in [-0.3, -0.25) is 0 Å². The maximum Gasteiger partial charge on any atom is 0.639 e. The zero-order valence-electron chi connectivity index (χ0n) is 30.7. The lowest BCUT2D eigenvalue weighted by molar-refractivity contribution is 0.0885. The van der Waals surface area contributed by atoms with E-state index in [1.165, 1.54) is 154 Å². The molecule has 258 valence electrons. The van der Waals surface area contributed by atoms with Gasteiger partial charge in [-0.25, -0.2) is 0 Å². The molecule has 0 aliphatic carbocycles. The van der Waals surface area contributed by atoms with E-state index in [9.17, 15) is 0 Å². The molecule has 0 unspecified atom stereocenters. The van der Waals surface area contributed by atoms with Crippen molar-refractivity contribution in [2.24, 2.45) is 17.8 Å². The largest absolute Gasteiger partial charge is 0.639 e. The molecule has 0 radical (unpaired) electrons. The van der Waals surface area contributed by atoms with Crippen molar-refractivity contribution in [2.75, 3.05) is 19.8 Å². The maximum atomic E-state index is 6.08. The SMILES string of the molecule is CC(C)CCCCCCCCCCOB(OCCCCCCCCCCC(C)C)OCCCCCCCCCCC(C)C. The van der Waals surface area contributed by atoms with Gasteiger partial charge >= 0.3 is 7.32 Å². The second kappa shape index (κ2) is 34.8. The molecule has 0 heterocycles. The van der Waals surface area contributed by atoms with Crippen LogP contribution in [-0.2, 0) is 14.0 Å². The Labute approximate surface area is 273 Å². The molecule has 0 amide bonds. The third kappa shape index (κ3) is 38.0. The molecule has 0 aliphatic heterocycles. The molecule has 0 rings (SSSR count). The van der Waals surface area contributed by atoms with Gasteiger partial charge in [0.2, 0.25) is 0 Å². The Kier molecular flexibility index (Phi) is 34.8. The van der Waals surface area contributed by atoms with Crippen LogP contribution in [0.3, 0.4) is 0 Å². The summed E-state index contributed by atoms with van der Waals surface area (Å²) < 4.78 is 18.2. The molecule has 0 aromatic heterocycles. The van der Waals surface area contributed by atoms with Crippen LogP contribution in [0.15, 0.2) is 0 Å². The van der Waals surface area contributed by atoms with Crippen LogP contribution in [0.4, 0.5) is 0 Å². The van der Waals surface area contributed by atoms with Crippen LogP contribution in [0.2, 0.25) is 0 Å². The van der Waals surface area contributed by atoms with Crippen molar-refractivity contribution >= 4 is 7.32 Å². The van der Waals surface area contributed by atoms with Gasteiger partial charge in [0.05, 0.1) is 0 Å². The van der Waals surface area contributed by atoms with Crippen LogP contribution in [0.25, 0.3) is 0 Å². The molecule has 0 aromatic rings. The standard InChI is InChI=1S/C39H81BO3/c1-37(2)31-25-19-13-7-10-16-22-28-34-41-40(42-35-29-23-17-11-8-14-20-26-32-38(3)4)43-36-30-24-18-12-9-15-21-27-33-39(5)6/h37-39H,7-36H2,1-6H3. The first-order valence-corrected chi connectivity index (χ1v) is 19.8. The molecule has 0 fully saturated rings. The van der Waals surface area contributed by atoms with Crippen LogP contribution >= 0.6 is 0 Å². The van der Waals surface area contributed by atoms with E-state index in [0.717, 1.165) is 56.8 Å². The van der Waals surface area contributed by atoms with E-state index < -0.39 is 7.32 Å². The van der Waals surface area contributed by atoms with Crippen molar-refractivity contribution in [3.05, 3.63) is 0 Å². The highest BCUT2D eigenvalue weighted by Gasteiger charge is 2.20. The van der Waals surface area contributed by atoms with Gasteiger partial charge in [-0.15, -0.1) is 0 Å². The minimum atomic E-state index is -0.470. The zero-order valence-corrected chi connectivity index (χ0v) is 30.7. The Balaban J connectivity index is 3.94. The molecule has 3 nitrogen and oxygen atoms in total. The van der Waals surface area contributed by atoms with Gasteiger partial charge in [-0.2, -0.15) is 0 Å². The molecule has 4 heteroatoms. The van der Waals surface area contributed by atoms with E-state index in [1.807, 2.05) is 0 Å². The molecule has 0 spiro atoms. The Hall–Kier alpha value is -0.0551. The van der Waals surface area contributed by atoms with Gasteiger partial charge in [0, 0.05) is 19.8 Å². The second-order valence-electron chi connectivity index (χ2n) is 14.9. The summed E-state index contributed by atoms with van der Waals surface area (Å²) in [5.41, 5.74) is 0. The molecular formula is C39H81BO3. The van der Waals surface area contributed by atoms with Crippen molar-refractivity contribution in [1.29, 1.82) is 0 Å². The first kappa shape index (κ1) is 42.9. The molecule has 43 heavy (non-hydrogen) atoms. The van der Waals surface area contributed by atoms with Crippen molar-refractivity contribution in [3.63, 3.8) is 0 Å². The Bertz CT molecular complexity index is 439. The zero-order chi connectivity index (χ0) is 31.6. The number of rotatable bonds is 36. The Morgan fingerprint density at radius 1 is 0.279 bits per heavy atom. The topological polar surface area (TPSA) is 27.7 Å². The van der Waals surface area contributed by atoms with Crippen LogP contribution in [-0.4, -0.2) is 27.1 Å². The first-order chi connectivity index (χ1) is 20.9. The van der Waals surface area contributed by atoms with Crippen LogP contribution in [0.5, 0.6) is 0 Å². The molecule has 0 atom stereocenters. The van der Waals surface area contributed by atoms with Crippen molar-refractivity contribution in [1.82, 2.24) is 0 Å². The summed E-state index contributed by atoms with van der Waals surface area (Å²) >= 11 is 0. The van der Waals surface area contributed by atoms with Crippen molar-refractivity contribution in [2.45, 2.75) is 215 Å². The molecule has 0 aromatic carbocycles. The number of unbranched alkanes of at least 4 members (excludes halogenated alkanes) is 21. The summed E-state index contributed by atoms with van der Waals surface area (Å²) in [6, 6.07) is 0. The fourth-order valence-corrected chi connectivity index (χ4v) is 5.83. The first-order valence-electron chi connectivity index (χ1n) is 19.8. The monoisotopic (exact) mass is 609 g/mol. The van der Waals surface area contributed by atoms with Crippen molar-refractivity contribution < 1.29 is 14.0 Å². The second-order valence-corrected chi connectivity index (χ2v) is 14.9. The minimum Gasteiger partial charge on any atom is -0.386 e. The molecule has 0 aliphatic rings. The average molecular weight is 609 g/mol. The highest BCUT2D eigenvalue weighted by molar-refractivity contribution is 6.36. The van der Waals surface area contributed by atoms with E-state index in [2.05, 4.69) is 41.5 Å². The lowest BCUT2D eigenvalue weighted by atomic mass is 10.0. The number of hydrogen-bond donors (Lipinski definition) is 0. The van der Waals surface area contributed by atoms with Crippen LogP contribution in [0.1, 0.15) is 215 Å². The lowest BCUT2D eigenvalue weighted by Gasteiger charge is -2.15. The normalized spacial score (nSPS) is 11.9. The smallest absolute Gasteiger partial charge is 0.386 e. The Morgan fingerprint density at radius 3 is 0.674 bits per heavy atom. The molecule has 0 bridgehead atoms. The fourth-order valence-electron chi connectivity index (χ4n) is 5.83. The molecule has 0 saturated carbocycles. The lowest BCUT2D eigenvalue weighted by Crippen LogP contribution is -2.28. The summed E-state index contributed by atoms with van der Waals surface area (Å²) in [4.78, 5) is 0. The van der Waals surface area contributed by atoms with E-state index >= 15 is 0 Å². The maximum absolute atomic E-state index is 6.08. The predicted molar refractivity (Wildman–Crippen MR) is 193 cm³/mol. The fraction of sp³-hybridized carbons (Fsp3) is 1.00. The third-order valence-corrected chi connectivity index (χ3v) is 8.79. The van der Waals surface area contributed by atoms with E-state index in [0.29, 0.717) is 0 Å². The summed E-state index contributed by atoms with van der Waals surface area (Å²) in [7, 11) is -0.470. The molecule has 0 saturated heterocycles. The molecular weight excluding hydrogens is 527 g/mol. The quantitative estimate of drug-likeness (QED) is 0.0523. The third-order valence-electron chi connectivity index (χ3n) is 8.79. The number of hydrogen-bond acceptors (Lipinski definition) is 3. The van der Waals surface area contributed by atoms with E-state index in [-0.39, 0.29) is 0 Å². The van der Waals surface area contributed by atoms with E-state index in [1.54, 1.807) is 0 Å². The van der Waals surface area contributed by atoms with Gasteiger partial charge in [-0.1, -0.05) is 196 Å². The van der Waals surface area contributed by atoms with Gasteiger partial charge in [-0.05, 0) is 37.0 Å². The highest BCUT2D eigenvalue weighted by atomic mass is 16.7. The van der Waals surface area contributed by atoms with Crippen LogP contribution < -0.4 is 0 Å². The summed E-state index contributed by atoms with van der Waals surface area (Å²) in [6.07, 6.45) is 36.2. The summed E-state index contributed by atoms with van der Waals surface area (Å²) in [6.45, 7) is 16.3. The van der Waals surface area contributed by atoms with Gasteiger partial charge in [0.25, 0.3) is 0 Å². The average Bonchev–Trinajstić information content (AvgIpc) is 2.96. The predicted octanol–water partition coefficient (Wildman–Crippen LogP) is 13.5. The Morgan fingerprint density at radius 2 is 0.465 bits per heavy atom. The van der Waals surface area contributed by atoms with Gasteiger partial charge < -0.3 is 14.0 Å². The van der Waals surface area contributed by atoms with Gasteiger partial charge in [0.15, 0.2) is 0 Å². The van der Waals surface area contributed by atoms with Gasteiger partial charge in [0.1, 0.15) is 0 Å².